The second kappa shape index (κ2) is 8.17. The van der Waals surface area contributed by atoms with E-state index in [9.17, 15) is 4.79 Å². The van der Waals surface area contributed by atoms with Crippen LogP contribution in [0.4, 0.5) is 0 Å². The number of carbonyl (C=O) groups excluding carboxylic acids is 1. The van der Waals surface area contributed by atoms with Crippen LogP contribution in [0.5, 0.6) is 0 Å². The maximum atomic E-state index is 12.3. The Hall–Kier alpha value is -1.07. The predicted octanol–water partition coefficient (Wildman–Crippen LogP) is 3.02. The quantitative estimate of drug-likeness (QED) is 0.758. The Morgan fingerprint density at radius 2 is 1.84 bits per heavy atom. The average Bonchev–Trinajstić information content (AvgIpc) is 2.43. The predicted molar refractivity (Wildman–Crippen MR) is 75.1 cm³/mol. The highest BCUT2D eigenvalue weighted by Gasteiger charge is 2.18. The van der Waals surface area contributed by atoms with E-state index in [1.165, 1.54) is 25.3 Å². The molecule has 1 aromatic rings. The maximum Gasteiger partial charge on any atom is 0.258 e. The molecule has 0 aliphatic heterocycles. The van der Waals surface area contributed by atoms with Crippen molar-refractivity contribution in [3.05, 3.63) is 46.6 Å². The minimum atomic E-state index is -0.559. The minimum absolute atomic E-state index is 0.0183. The second-order valence-corrected chi connectivity index (χ2v) is 4.65. The van der Waals surface area contributed by atoms with Crippen LogP contribution in [0.3, 0.4) is 0 Å². The summed E-state index contributed by atoms with van der Waals surface area (Å²) in [6, 6.07) is 8.81. The number of rotatable bonds is 6. The van der Waals surface area contributed by atoms with E-state index in [1.54, 1.807) is 24.3 Å². The molecule has 0 spiro atoms. The van der Waals surface area contributed by atoms with Gasteiger partial charge in [0.05, 0.1) is 6.54 Å². The van der Waals surface area contributed by atoms with Crippen molar-refractivity contribution >= 4 is 29.1 Å². The number of amides is 1. The van der Waals surface area contributed by atoms with Gasteiger partial charge >= 0.3 is 0 Å². The third-order valence-electron chi connectivity index (χ3n) is 2.41. The third-order valence-corrected chi connectivity index (χ3v) is 2.60. The number of ether oxygens (including phenoxy) is 2. The van der Waals surface area contributed by atoms with Gasteiger partial charge in [-0.1, -0.05) is 41.4 Å². The van der Waals surface area contributed by atoms with Gasteiger partial charge in [0.15, 0.2) is 6.29 Å². The van der Waals surface area contributed by atoms with Crippen LogP contribution in [0.1, 0.15) is 10.4 Å². The van der Waals surface area contributed by atoms with Crippen LogP contribution in [0, 0.1) is 0 Å². The molecule has 1 amide bonds. The smallest absolute Gasteiger partial charge is 0.258 e. The molecule has 0 atom stereocenters. The van der Waals surface area contributed by atoms with Crippen molar-refractivity contribution in [1.29, 1.82) is 0 Å². The van der Waals surface area contributed by atoms with Gasteiger partial charge in [0.1, 0.15) is 4.49 Å². The van der Waals surface area contributed by atoms with E-state index in [0.717, 1.165) is 0 Å². The molecule has 0 saturated heterocycles. The minimum Gasteiger partial charge on any atom is -0.354 e. The molecule has 4 nitrogen and oxygen atoms in total. The zero-order chi connectivity index (χ0) is 14.3. The molecule has 19 heavy (non-hydrogen) atoms. The Kier molecular flexibility index (Phi) is 6.87. The van der Waals surface area contributed by atoms with Gasteiger partial charge in [-0.25, -0.2) is 0 Å². The topological polar surface area (TPSA) is 38.8 Å². The van der Waals surface area contributed by atoms with Crippen LogP contribution in [-0.4, -0.2) is 37.9 Å². The first kappa shape index (κ1) is 16.0. The molecule has 0 fully saturated rings. The number of carbonyl (C=O) groups is 1. The summed E-state index contributed by atoms with van der Waals surface area (Å²) in [5.41, 5.74) is 0.527. The molecule has 0 saturated carbocycles. The summed E-state index contributed by atoms with van der Waals surface area (Å²) < 4.78 is 10.1. The van der Waals surface area contributed by atoms with Crippen molar-refractivity contribution in [1.82, 2.24) is 4.90 Å². The molecule has 0 N–H and O–H groups in total. The van der Waals surface area contributed by atoms with Crippen LogP contribution >= 0.6 is 23.2 Å². The SMILES string of the molecule is COC(CN(C=C(Cl)Cl)C(=O)c1ccccc1)OC. The van der Waals surface area contributed by atoms with Gasteiger partial charge in [-0.15, -0.1) is 0 Å². The standard InChI is InChI=1S/C13H15Cl2NO3/c1-18-12(19-2)9-16(8-11(14)15)13(17)10-6-4-3-5-7-10/h3-8,12H,9H2,1-2H3. The third kappa shape index (κ3) is 5.20. The van der Waals surface area contributed by atoms with Crippen molar-refractivity contribution in [3.8, 4) is 0 Å². The van der Waals surface area contributed by atoms with Crippen LogP contribution in [0.25, 0.3) is 0 Å². The molecule has 1 rings (SSSR count). The summed E-state index contributed by atoms with van der Waals surface area (Å²) >= 11 is 11.2. The molecule has 0 radical (unpaired) electrons. The average molecular weight is 304 g/mol. The van der Waals surface area contributed by atoms with Crippen molar-refractivity contribution in [2.75, 3.05) is 20.8 Å². The Balaban J connectivity index is 2.91. The lowest BCUT2D eigenvalue weighted by Crippen LogP contribution is -2.35. The molecule has 0 bridgehead atoms. The van der Waals surface area contributed by atoms with E-state index in [4.69, 9.17) is 32.7 Å². The lowest BCUT2D eigenvalue weighted by molar-refractivity contribution is -0.108. The van der Waals surface area contributed by atoms with Crippen LogP contribution in [0.2, 0.25) is 0 Å². The largest absolute Gasteiger partial charge is 0.354 e. The second-order valence-electron chi connectivity index (χ2n) is 3.64. The summed E-state index contributed by atoms with van der Waals surface area (Å²) in [6.07, 6.45) is 0.778. The lowest BCUT2D eigenvalue weighted by atomic mass is 10.2. The number of methoxy groups -OCH3 is 2. The first-order valence-corrected chi connectivity index (χ1v) is 6.28. The van der Waals surface area contributed by atoms with E-state index < -0.39 is 6.29 Å². The van der Waals surface area contributed by atoms with E-state index in [1.807, 2.05) is 6.07 Å². The number of halogens is 2. The van der Waals surface area contributed by atoms with Gasteiger partial charge in [-0.05, 0) is 12.1 Å². The molecule has 0 heterocycles. The van der Waals surface area contributed by atoms with Crippen LogP contribution < -0.4 is 0 Å². The van der Waals surface area contributed by atoms with E-state index in [0.29, 0.717) is 5.56 Å². The van der Waals surface area contributed by atoms with Crippen molar-refractivity contribution in [2.24, 2.45) is 0 Å². The number of hydrogen-bond acceptors (Lipinski definition) is 3. The number of benzene rings is 1. The van der Waals surface area contributed by atoms with Gasteiger partial charge < -0.3 is 14.4 Å². The zero-order valence-electron chi connectivity index (χ0n) is 10.7. The summed E-state index contributed by atoms with van der Waals surface area (Å²) in [7, 11) is 2.98. The van der Waals surface area contributed by atoms with Crippen LogP contribution in [0.15, 0.2) is 41.0 Å². The molecule has 0 aromatic heterocycles. The summed E-state index contributed by atoms with van der Waals surface area (Å²) in [5.74, 6) is -0.237. The van der Waals surface area contributed by atoms with E-state index >= 15 is 0 Å². The van der Waals surface area contributed by atoms with Crippen molar-refractivity contribution < 1.29 is 14.3 Å². The molecule has 1 aromatic carbocycles. The van der Waals surface area contributed by atoms with Gasteiger partial charge in [-0.2, -0.15) is 0 Å². The Labute approximate surface area is 122 Å². The highest BCUT2D eigenvalue weighted by atomic mass is 35.5. The molecular weight excluding hydrogens is 289 g/mol. The van der Waals surface area contributed by atoms with Crippen LogP contribution in [-0.2, 0) is 9.47 Å². The zero-order valence-corrected chi connectivity index (χ0v) is 12.2. The lowest BCUT2D eigenvalue weighted by Gasteiger charge is -2.23. The highest BCUT2D eigenvalue weighted by molar-refractivity contribution is 6.55. The first-order valence-electron chi connectivity index (χ1n) is 5.53. The fourth-order valence-electron chi connectivity index (χ4n) is 1.46. The van der Waals surface area contributed by atoms with Crippen molar-refractivity contribution in [3.63, 3.8) is 0 Å². The van der Waals surface area contributed by atoms with Gasteiger partial charge in [0, 0.05) is 26.0 Å². The molecule has 104 valence electrons. The summed E-state index contributed by atoms with van der Waals surface area (Å²) in [6.45, 7) is 0.184. The molecule has 0 unspecified atom stereocenters. The first-order chi connectivity index (χ1) is 9.08. The Morgan fingerprint density at radius 1 is 1.26 bits per heavy atom. The van der Waals surface area contributed by atoms with Gasteiger partial charge in [0.2, 0.25) is 0 Å². The monoisotopic (exact) mass is 303 g/mol. The molecule has 6 heteroatoms. The van der Waals surface area contributed by atoms with Crippen molar-refractivity contribution in [2.45, 2.75) is 6.29 Å². The fraction of sp³-hybridized carbons (Fsp3) is 0.308. The van der Waals surface area contributed by atoms with E-state index in [-0.39, 0.29) is 16.9 Å². The summed E-state index contributed by atoms with van der Waals surface area (Å²) in [4.78, 5) is 13.7. The molecular formula is C13H15Cl2NO3. The van der Waals surface area contributed by atoms with Gasteiger partial charge in [-0.3, -0.25) is 4.79 Å². The van der Waals surface area contributed by atoms with E-state index in [2.05, 4.69) is 0 Å². The summed E-state index contributed by atoms with van der Waals surface area (Å²) in [5, 5.41) is 0. The maximum absolute atomic E-state index is 12.3. The molecule has 0 aliphatic carbocycles. The number of hydrogen-bond donors (Lipinski definition) is 0. The number of nitrogens with zero attached hydrogens (tertiary/aromatic N) is 1. The Morgan fingerprint density at radius 3 is 2.32 bits per heavy atom. The Bertz CT molecular complexity index is 429. The normalized spacial score (nSPS) is 10.4. The molecule has 0 aliphatic rings. The fourth-order valence-corrected chi connectivity index (χ4v) is 1.70. The van der Waals surface area contributed by atoms with Gasteiger partial charge in [0.25, 0.3) is 5.91 Å². The highest BCUT2D eigenvalue weighted by Crippen LogP contribution is 2.13.